The molecule has 0 spiro atoms. The number of carbonyl (C=O) groups is 1. The van der Waals surface area contributed by atoms with Crippen LogP contribution in [0.3, 0.4) is 0 Å². The molecule has 0 aliphatic rings. The number of rotatable bonds is 2. The van der Waals surface area contributed by atoms with E-state index in [0.29, 0.717) is 10.9 Å². The number of hydrogen-bond acceptors (Lipinski definition) is 3. The molecule has 0 aliphatic heterocycles. The van der Waals surface area contributed by atoms with Crippen LogP contribution in [0, 0.1) is 0 Å². The summed E-state index contributed by atoms with van der Waals surface area (Å²) in [6.07, 6.45) is 0. The fraction of sp³-hybridized carbons (Fsp3) is 0. The molecule has 0 fully saturated rings. The zero-order valence-electron chi connectivity index (χ0n) is 9.71. The molecule has 0 amide bonds. The first-order valence-corrected chi connectivity index (χ1v) is 6.53. The van der Waals surface area contributed by atoms with Gasteiger partial charge in [-0.1, -0.05) is 18.2 Å². The molecular weight excluding hydrogens is 262 g/mol. The summed E-state index contributed by atoms with van der Waals surface area (Å²) >= 11 is 1.55. The number of pyridine rings is 1. The summed E-state index contributed by atoms with van der Waals surface area (Å²) in [5.74, 6) is -1.10. The van der Waals surface area contributed by atoms with Crippen molar-refractivity contribution in [2.75, 3.05) is 0 Å². The Morgan fingerprint density at radius 2 is 2.11 bits per heavy atom. The molecule has 2 N–H and O–H groups in total. The number of carboxylic acids is 1. The van der Waals surface area contributed by atoms with E-state index in [-0.39, 0.29) is 5.56 Å². The second-order valence-electron chi connectivity index (χ2n) is 4.09. The van der Waals surface area contributed by atoms with Crippen molar-refractivity contribution in [2.24, 2.45) is 0 Å². The molecule has 0 unspecified atom stereocenters. The third-order valence-corrected chi connectivity index (χ3v) is 3.62. The number of benzene rings is 1. The summed E-state index contributed by atoms with van der Waals surface area (Å²) in [6.45, 7) is 0. The van der Waals surface area contributed by atoms with Gasteiger partial charge in [0, 0.05) is 17.0 Å². The Morgan fingerprint density at radius 1 is 1.26 bits per heavy atom. The molecular formula is C14H9NO3S. The van der Waals surface area contributed by atoms with Crippen LogP contribution >= 0.6 is 11.3 Å². The number of H-pyrrole nitrogens is 1. The standard InChI is InChI=1S/C14H9NO3S/c16-12-6-11(14(17)18)10-3-1-2-9(13(10)15-12)8-4-5-19-7-8/h1-7H,(H,15,16)(H,17,18). The van der Waals surface area contributed by atoms with Crippen LogP contribution in [0.2, 0.25) is 0 Å². The van der Waals surface area contributed by atoms with Crippen molar-refractivity contribution in [3.63, 3.8) is 0 Å². The van der Waals surface area contributed by atoms with Gasteiger partial charge in [0.15, 0.2) is 0 Å². The lowest BCUT2D eigenvalue weighted by molar-refractivity contribution is 0.0699. The molecule has 94 valence electrons. The van der Waals surface area contributed by atoms with E-state index in [1.165, 1.54) is 0 Å². The van der Waals surface area contributed by atoms with Gasteiger partial charge in [-0.05, 0) is 22.4 Å². The molecule has 0 radical (unpaired) electrons. The van der Waals surface area contributed by atoms with Crippen LogP contribution < -0.4 is 5.56 Å². The number of thiophene rings is 1. The highest BCUT2D eigenvalue weighted by molar-refractivity contribution is 7.08. The van der Waals surface area contributed by atoms with Crippen LogP contribution in [-0.4, -0.2) is 16.1 Å². The highest BCUT2D eigenvalue weighted by Gasteiger charge is 2.13. The van der Waals surface area contributed by atoms with E-state index in [2.05, 4.69) is 4.98 Å². The van der Waals surface area contributed by atoms with Crippen LogP contribution in [-0.2, 0) is 0 Å². The van der Waals surface area contributed by atoms with Gasteiger partial charge in [-0.3, -0.25) is 4.79 Å². The lowest BCUT2D eigenvalue weighted by atomic mass is 10.0. The van der Waals surface area contributed by atoms with Crippen molar-refractivity contribution in [3.8, 4) is 11.1 Å². The Balaban J connectivity index is 2.44. The Morgan fingerprint density at radius 3 is 2.79 bits per heavy atom. The second-order valence-corrected chi connectivity index (χ2v) is 4.87. The fourth-order valence-corrected chi connectivity index (χ4v) is 2.77. The van der Waals surface area contributed by atoms with Gasteiger partial charge in [-0.2, -0.15) is 11.3 Å². The molecule has 0 saturated carbocycles. The molecule has 3 rings (SSSR count). The molecule has 19 heavy (non-hydrogen) atoms. The van der Waals surface area contributed by atoms with Crippen LogP contribution in [0.15, 0.2) is 45.9 Å². The van der Waals surface area contributed by atoms with Crippen molar-refractivity contribution in [3.05, 3.63) is 57.0 Å². The minimum atomic E-state index is -1.10. The maximum atomic E-state index is 11.6. The molecule has 2 aromatic heterocycles. The number of fused-ring (bicyclic) bond motifs is 1. The summed E-state index contributed by atoms with van der Waals surface area (Å²) in [4.78, 5) is 25.6. The van der Waals surface area contributed by atoms with E-state index in [9.17, 15) is 14.7 Å². The summed E-state index contributed by atoms with van der Waals surface area (Å²) in [5, 5.41) is 13.6. The lowest BCUT2D eigenvalue weighted by Crippen LogP contribution is -2.10. The molecule has 0 atom stereocenters. The van der Waals surface area contributed by atoms with E-state index in [4.69, 9.17) is 0 Å². The topological polar surface area (TPSA) is 70.2 Å². The van der Waals surface area contributed by atoms with E-state index in [1.807, 2.05) is 22.9 Å². The number of aromatic amines is 1. The van der Waals surface area contributed by atoms with E-state index in [1.54, 1.807) is 23.5 Å². The number of nitrogens with one attached hydrogen (secondary N) is 1. The minimum absolute atomic E-state index is 0.0239. The quantitative estimate of drug-likeness (QED) is 0.752. The summed E-state index contributed by atoms with van der Waals surface area (Å²) in [5.41, 5.74) is 1.97. The minimum Gasteiger partial charge on any atom is -0.478 e. The molecule has 1 aromatic carbocycles. The summed E-state index contributed by atoms with van der Waals surface area (Å²) in [6, 6.07) is 8.41. The lowest BCUT2D eigenvalue weighted by Gasteiger charge is -2.06. The van der Waals surface area contributed by atoms with Crippen molar-refractivity contribution < 1.29 is 9.90 Å². The normalized spacial score (nSPS) is 10.7. The van der Waals surface area contributed by atoms with E-state index in [0.717, 1.165) is 17.2 Å². The van der Waals surface area contributed by atoms with Gasteiger partial charge in [0.05, 0.1) is 11.1 Å². The first kappa shape index (κ1) is 11.7. The van der Waals surface area contributed by atoms with Crippen LogP contribution in [0.25, 0.3) is 22.0 Å². The average Bonchev–Trinajstić information content (AvgIpc) is 2.90. The average molecular weight is 271 g/mol. The highest BCUT2D eigenvalue weighted by atomic mass is 32.1. The van der Waals surface area contributed by atoms with Gasteiger partial charge in [0.1, 0.15) is 0 Å². The molecule has 0 bridgehead atoms. The molecule has 2 heterocycles. The Kier molecular flexibility index (Phi) is 2.68. The maximum Gasteiger partial charge on any atom is 0.336 e. The predicted octanol–water partition coefficient (Wildman–Crippen LogP) is 2.95. The number of hydrogen-bond donors (Lipinski definition) is 2. The Labute approximate surface area is 112 Å². The number of aromatic carboxylic acids is 1. The first-order chi connectivity index (χ1) is 9.16. The monoisotopic (exact) mass is 271 g/mol. The summed E-state index contributed by atoms with van der Waals surface area (Å²) in [7, 11) is 0. The zero-order chi connectivity index (χ0) is 13.4. The smallest absolute Gasteiger partial charge is 0.336 e. The van der Waals surface area contributed by atoms with Crippen molar-refractivity contribution in [1.29, 1.82) is 0 Å². The third kappa shape index (κ3) is 1.94. The second kappa shape index (κ2) is 4.37. The van der Waals surface area contributed by atoms with Crippen molar-refractivity contribution >= 4 is 28.2 Å². The van der Waals surface area contributed by atoms with Gasteiger partial charge >= 0.3 is 5.97 Å². The van der Waals surface area contributed by atoms with Crippen LogP contribution in [0.5, 0.6) is 0 Å². The van der Waals surface area contributed by atoms with Gasteiger partial charge in [0.2, 0.25) is 5.56 Å². The molecule has 4 nitrogen and oxygen atoms in total. The van der Waals surface area contributed by atoms with Crippen LogP contribution in [0.1, 0.15) is 10.4 Å². The largest absolute Gasteiger partial charge is 0.478 e. The van der Waals surface area contributed by atoms with E-state index < -0.39 is 11.5 Å². The first-order valence-electron chi connectivity index (χ1n) is 5.59. The summed E-state index contributed by atoms with van der Waals surface area (Å²) < 4.78 is 0. The molecule has 3 aromatic rings. The zero-order valence-corrected chi connectivity index (χ0v) is 10.5. The van der Waals surface area contributed by atoms with Gasteiger partial charge in [0.25, 0.3) is 0 Å². The van der Waals surface area contributed by atoms with Gasteiger partial charge in [-0.15, -0.1) is 0 Å². The van der Waals surface area contributed by atoms with Gasteiger partial charge < -0.3 is 10.1 Å². The fourth-order valence-electron chi connectivity index (χ4n) is 2.11. The Bertz CT molecular complexity index is 818. The SMILES string of the molecule is O=C(O)c1cc(=O)[nH]c2c(-c3ccsc3)cccc12. The number of para-hydroxylation sites is 1. The maximum absolute atomic E-state index is 11.6. The van der Waals surface area contributed by atoms with Crippen molar-refractivity contribution in [1.82, 2.24) is 4.98 Å². The van der Waals surface area contributed by atoms with Crippen molar-refractivity contribution in [2.45, 2.75) is 0 Å². The highest BCUT2D eigenvalue weighted by Crippen LogP contribution is 2.29. The van der Waals surface area contributed by atoms with Crippen LogP contribution in [0.4, 0.5) is 0 Å². The third-order valence-electron chi connectivity index (χ3n) is 2.94. The Hall–Kier alpha value is -2.40. The van der Waals surface area contributed by atoms with E-state index >= 15 is 0 Å². The number of aromatic nitrogens is 1. The van der Waals surface area contributed by atoms with Gasteiger partial charge in [-0.25, -0.2) is 4.79 Å². The molecule has 0 aliphatic carbocycles. The molecule has 5 heteroatoms. The predicted molar refractivity (Wildman–Crippen MR) is 74.8 cm³/mol. The molecule has 0 saturated heterocycles. The number of carboxylic acid groups (broad SMARTS) is 1.